The molecule has 1 aromatic heterocycles. The van der Waals surface area contributed by atoms with Crippen LogP contribution in [0.1, 0.15) is 18.3 Å². The quantitative estimate of drug-likeness (QED) is 0.784. The fourth-order valence-corrected chi connectivity index (χ4v) is 2.52. The molecule has 1 heterocycles. The van der Waals surface area contributed by atoms with Crippen molar-refractivity contribution in [2.75, 3.05) is 0 Å². The van der Waals surface area contributed by atoms with Gasteiger partial charge in [0.15, 0.2) is 0 Å². The van der Waals surface area contributed by atoms with Crippen molar-refractivity contribution >= 4 is 27.5 Å². The first-order valence-corrected chi connectivity index (χ1v) is 6.63. The van der Waals surface area contributed by atoms with Crippen molar-refractivity contribution in [3.05, 3.63) is 47.0 Å². The van der Waals surface area contributed by atoms with E-state index in [1.807, 2.05) is 24.5 Å². The topological polar surface area (TPSA) is 17.8 Å². The standard InChI is InChI=1S/C12H12BrClN2/c1-2-12-15-5-6-16(12)10-4-3-9(8-13)11(14)7-10/h3-7H,2,8H2,1H3. The predicted octanol–water partition coefficient (Wildman–Crippen LogP) is 3.98. The second-order valence-corrected chi connectivity index (χ2v) is 4.44. The number of aryl methyl sites for hydroxylation is 1. The van der Waals surface area contributed by atoms with Crippen LogP contribution in [0.3, 0.4) is 0 Å². The molecule has 0 aliphatic rings. The maximum Gasteiger partial charge on any atom is 0.112 e. The molecule has 0 N–H and O–H groups in total. The Hall–Kier alpha value is -0.800. The van der Waals surface area contributed by atoms with Gasteiger partial charge in [-0.2, -0.15) is 0 Å². The summed E-state index contributed by atoms with van der Waals surface area (Å²) in [6.07, 6.45) is 4.67. The summed E-state index contributed by atoms with van der Waals surface area (Å²) in [5.41, 5.74) is 2.16. The summed E-state index contributed by atoms with van der Waals surface area (Å²) in [4.78, 5) is 4.29. The molecule has 1 aromatic carbocycles. The van der Waals surface area contributed by atoms with Gasteiger partial charge in [0, 0.05) is 34.9 Å². The van der Waals surface area contributed by atoms with Crippen LogP contribution in [0.15, 0.2) is 30.6 Å². The molecule has 0 fully saturated rings. The van der Waals surface area contributed by atoms with Crippen molar-refractivity contribution in [2.45, 2.75) is 18.7 Å². The fraction of sp³-hybridized carbons (Fsp3) is 0.250. The van der Waals surface area contributed by atoms with E-state index in [0.29, 0.717) is 0 Å². The summed E-state index contributed by atoms with van der Waals surface area (Å²) in [5, 5.41) is 1.56. The lowest BCUT2D eigenvalue weighted by molar-refractivity contribution is 0.891. The van der Waals surface area contributed by atoms with E-state index in [9.17, 15) is 0 Å². The summed E-state index contributed by atoms with van der Waals surface area (Å²) < 4.78 is 2.06. The van der Waals surface area contributed by atoms with Crippen molar-refractivity contribution in [3.8, 4) is 5.69 Å². The molecule has 0 bridgehead atoms. The maximum absolute atomic E-state index is 6.18. The number of alkyl halides is 1. The number of rotatable bonds is 3. The van der Waals surface area contributed by atoms with Gasteiger partial charge >= 0.3 is 0 Å². The van der Waals surface area contributed by atoms with Crippen LogP contribution >= 0.6 is 27.5 Å². The molecule has 0 saturated carbocycles. The molecule has 0 radical (unpaired) electrons. The largest absolute Gasteiger partial charge is 0.304 e. The molecule has 0 atom stereocenters. The Morgan fingerprint density at radius 2 is 2.25 bits per heavy atom. The van der Waals surface area contributed by atoms with E-state index >= 15 is 0 Å². The Balaban J connectivity index is 2.45. The van der Waals surface area contributed by atoms with Gasteiger partial charge < -0.3 is 4.57 Å². The van der Waals surface area contributed by atoms with Gasteiger partial charge in [-0.05, 0) is 17.7 Å². The van der Waals surface area contributed by atoms with Crippen LogP contribution in [0.2, 0.25) is 5.02 Å². The normalized spacial score (nSPS) is 10.7. The lowest BCUT2D eigenvalue weighted by Crippen LogP contribution is -1.99. The molecule has 0 aliphatic heterocycles. The zero-order chi connectivity index (χ0) is 11.5. The number of aromatic nitrogens is 2. The van der Waals surface area contributed by atoms with Crippen LogP contribution in [0, 0.1) is 0 Å². The van der Waals surface area contributed by atoms with Crippen LogP contribution < -0.4 is 0 Å². The van der Waals surface area contributed by atoms with Crippen LogP contribution in [-0.4, -0.2) is 9.55 Å². The highest BCUT2D eigenvalue weighted by molar-refractivity contribution is 9.08. The Labute approximate surface area is 108 Å². The van der Waals surface area contributed by atoms with Gasteiger partial charge in [-0.1, -0.05) is 40.5 Å². The van der Waals surface area contributed by atoms with Crippen LogP contribution in [0.25, 0.3) is 5.69 Å². The number of halogens is 2. The highest BCUT2D eigenvalue weighted by Crippen LogP contribution is 2.23. The Kier molecular flexibility index (Phi) is 3.66. The first-order chi connectivity index (χ1) is 7.76. The number of hydrogen-bond acceptors (Lipinski definition) is 1. The third kappa shape index (κ3) is 2.15. The van der Waals surface area contributed by atoms with E-state index < -0.39 is 0 Å². The fourth-order valence-electron chi connectivity index (χ4n) is 1.63. The first-order valence-electron chi connectivity index (χ1n) is 5.13. The lowest BCUT2D eigenvalue weighted by Gasteiger charge is -2.08. The Morgan fingerprint density at radius 1 is 1.44 bits per heavy atom. The van der Waals surface area contributed by atoms with Gasteiger partial charge in [-0.15, -0.1) is 0 Å². The zero-order valence-electron chi connectivity index (χ0n) is 8.95. The average molecular weight is 300 g/mol. The molecule has 2 aromatic rings. The summed E-state index contributed by atoms with van der Waals surface area (Å²) in [6.45, 7) is 2.09. The van der Waals surface area contributed by atoms with Crippen LogP contribution in [0.5, 0.6) is 0 Å². The van der Waals surface area contributed by atoms with E-state index in [1.54, 1.807) is 0 Å². The van der Waals surface area contributed by atoms with E-state index in [0.717, 1.165) is 33.8 Å². The van der Waals surface area contributed by atoms with Crippen molar-refractivity contribution < 1.29 is 0 Å². The number of benzene rings is 1. The Morgan fingerprint density at radius 3 is 2.88 bits per heavy atom. The van der Waals surface area contributed by atoms with E-state index in [-0.39, 0.29) is 0 Å². The van der Waals surface area contributed by atoms with Crippen molar-refractivity contribution in [1.82, 2.24) is 9.55 Å². The summed E-state index contributed by atoms with van der Waals surface area (Å²) in [5.74, 6) is 1.04. The second-order valence-electron chi connectivity index (χ2n) is 3.48. The van der Waals surface area contributed by atoms with Gasteiger partial charge in [-0.25, -0.2) is 4.98 Å². The van der Waals surface area contributed by atoms with Gasteiger partial charge in [0.25, 0.3) is 0 Å². The Bertz CT molecular complexity index is 494. The number of imidazole rings is 1. The highest BCUT2D eigenvalue weighted by atomic mass is 79.9. The van der Waals surface area contributed by atoms with E-state index in [4.69, 9.17) is 11.6 Å². The SMILES string of the molecule is CCc1nccn1-c1ccc(CBr)c(Cl)c1. The summed E-state index contributed by atoms with van der Waals surface area (Å²) in [6, 6.07) is 6.06. The van der Waals surface area contributed by atoms with Crippen LogP contribution in [0.4, 0.5) is 0 Å². The molecule has 16 heavy (non-hydrogen) atoms. The van der Waals surface area contributed by atoms with Crippen molar-refractivity contribution in [2.24, 2.45) is 0 Å². The molecule has 0 amide bonds. The molecule has 0 aliphatic carbocycles. The minimum atomic E-state index is 0.774. The van der Waals surface area contributed by atoms with Crippen molar-refractivity contribution in [3.63, 3.8) is 0 Å². The van der Waals surface area contributed by atoms with Gasteiger partial charge in [0.1, 0.15) is 5.82 Å². The predicted molar refractivity (Wildman–Crippen MR) is 70.6 cm³/mol. The second kappa shape index (κ2) is 5.02. The maximum atomic E-state index is 6.18. The third-order valence-electron chi connectivity index (χ3n) is 2.49. The molecule has 4 heteroatoms. The molecule has 2 nitrogen and oxygen atoms in total. The molecular formula is C12H12BrClN2. The molecule has 0 saturated heterocycles. The molecule has 0 spiro atoms. The number of hydrogen-bond donors (Lipinski definition) is 0. The summed E-state index contributed by atoms with van der Waals surface area (Å²) >= 11 is 9.58. The van der Waals surface area contributed by atoms with Crippen molar-refractivity contribution in [1.29, 1.82) is 0 Å². The minimum Gasteiger partial charge on any atom is -0.304 e. The van der Waals surface area contributed by atoms with Gasteiger partial charge in [-0.3, -0.25) is 0 Å². The molecular weight excluding hydrogens is 288 g/mol. The summed E-state index contributed by atoms with van der Waals surface area (Å²) in [7, 11) is 0. The van der Waals surface area contributed by atoms with E-state index in [1.165, 1.54) is 0 Å². The molecule has 2 rings (SSSR count). The molecule has 84 valence electrons. The zero-order valence-corrected chi connectivity index (χ0v) is 11.3. The van der Waals surface area contributed by atoms with Crippen LogP contribution in [-0.2, 0) is 11.8 Å². The third-order valence-corrected chi connectivity index (χ3v) is 3.45. The smallest absolute Gasteiger partial charge is 0.112 e. The lowest BCUT2D eigenvalue weighted by atomic mass is 10.2. The van der Waals surface area contributed by atoms with E-state index in [2.05, 4.69) is 38.5 Å². The minimum absolute atomic E-state index is 0.774. The monoisotopic (exact) mass is 298 g/mol. The average Bonchev–Trinajstić information content (AvgIpc) is 2.77. The number of nitrogens with zero attached hydrogens (tertiary/aromatic N) is 2. The van der Waals surface area contributed by atoms with Gasteiger partial charge in [0.2, 0.25) is 0 Å². The first kappa shape index (κ1) is 11.7. The van der Waals surface area contributed by atoms with Gasteiger partial charge in [0.05, 0.1) is 0 Å². The molecule has 0 unspecified atom stereocenters. The highest BCUT2D eigenvalue weighted by Gasteiger charge is 2.05.